The van der Waals surface area contributed by atoms with Crippen molar-refractivity contribution in [3.05, 3.63) is 64.1 Å². The van der Waals surface area contributed by atoms with E-state index in [0.717, 1.165) is 15.7 Å². The van der Waals surface area contributed by atoms with E-state index in [1.165, 1.54) is 0 Å². The van der Waals surface area contributed by atoms with Crippen molar-refractivity contribution in [1.29, 1.82) is 0 Å². The summed E-state index contributed by atoms with van der Waals surface area (Å²) in [6, 6.07) is 14.8. The standard InChI is InChI=1S/C14H13BrN2O/c15-12-5-2-4-11(8-12)14(18)17-13-6-1-3-10(7-13)9-16/h1-8H,9,16H2,(H,17,18). The molecule has 2 rings (SSSR count). The fraction of sp³-hybridized carbons (Fsp3) is 0.0714. The van der Waals surface area contributed by atoms with Crippen molar-refractivity contribution < 1.29 is 4.79 Å². The normalized spacial score (nSPS) is 10.1. The minimum Gasteiger partial charge on any atom is -0.326 e. The van der Waals surface area contributed by atoms with E-state index in [1.807, 2.05) is 36.4 Å². The number of benzene rings is 2. The molecule has 3 N–H and O–H groups in total. The van der Waals surface area contributed by atoms with Crippen LogP contribution < -0.4 is 11.1 Å². The van der Waals surface area contributed by atoms with Gasteiger partial charge in [-0.15, -0.1) is 0 Å². The maximum atomic E-state index is 12.0. The minimum absolute atomic E-state index is 0.134. The van der Waals surface area contributed by atoms with Gasteiger partial charge in [0.2, 0.25) is 0 Å². The zero-order chi connectivity index (χ0) is 13.0. The van der Waals surface area contributed by atoms with Crippen molar-refractivity contribution in [3.63, 3.8) is 0 Å². The highest BCUT2D eigenvalue weighted by Gasteiger charge is 2.06. The van der Waals surface area contributed by atoms with Crippen molar-refractivity contribution in [2.45, 2.75) is 6.54 Å². The predicted molar refractivity (Wildman–Crippen MR) is 76.4 cm³/mol. The van der Waals surface area contributed by atoms with E-state index < -0.39 is 0 Å². The molecule has 0 spiro atoms. The number of halogens is 1. The third kappa shape index (κ3) is 3.18. The van der Waals surface area contributed by atoms with Crippen LogP contribution in [0.15, 0.2) is 53.0 Å². The number of hydrogen-bond donors (Lipinski definition) is 2. The second-order valence-electron chi connectivity index (χ2n) is 3.87. The highest BCUT2D eigenvalue weighted by atomic mass is 79.9. The molecule has 0 radical (unpaired) electrons. The maximum absolute atomic E-state index is 12.0. The second kappa shape index (κ2) is 5.80. The number of carbonyl (C=O) groups excluding carboxylic acids is 1. The summed E-state index contributed by atoms with van der Waals surface area (Å²) in [5, 5.41) is 2.84. The molecule has 0 unspecified atom stereocenters. The average molecular weight is 305 g/mol. The van der Waals surface area contributed by atoms with Crippen molar-refractivity contribution in [2.24, 2.45) is 5.73 Å². The molecular weight excluding hydrogens is 292 g/mol. The van der Waals surface area contributed by atoms with Gasteiger partial charge in [-0.25, -0.2) is 0 Å². The molecule has 4 heteroatoms. The molecule has 3 nitrogen and oxygen atoms in total. The van der Waals surface area contributed by atoms with E-state index in [4.69, 9.17) is 5.73 Å². The molecule has 2 aromatic rings. The van der Waals surface area contributed by atoms with E-state index in [1.54, 1.807) is 12.1 Å². The minimum atomic E-state index is -0.134. The summed E-state index contributed by atoms with van der Waals surface area (Å²) in [6.07, 6.45) is 0. The zero-order valence-corrected chi connectivity index (χ0v) is 11.3. The van der Waals surface area contributed by atoms with Gasteiger partial charge in [0.25, 0.3) is 5.91 Å². The van der Waals surface area contributed by atoms with Gasteiger partial charge in [0, 0.05) is 22.3 Å². The summed E-state index contributed by atoms with van der Waals surface area (Å²) in [7, 11) is 0. The molecule has 0 heterocycles. The Bertz CT molecular complexity index is 569. The van der Waals surface area contributed by atoms with E-state index in [-0.39, 0.29) is 5.91 Å². The van der Waals surface area contributed by atoms with Gasteiger partial charge < -0.3 is 11.1 Å². The topological polar surface area (TPSA) is 55.1 Å². The largest absolute Gasteiger partial charge is 0.326 e. The lowest BCUT2D eigenvalue weighted by Gasteiger charge is -2.07. The van der Waals surface area contributed by atoms with Crippen molar-refractivity contribution in [3.8, 4) is 0 Å². The van der Waals surface area contributed by atoms with Gasteiger partial charge in [-0.05, 0) is 35.9 Å². The van der Waals surface area contributed by atoms with E-state index in [0.29, 0.717) is 12.1 Å². The Kier molecular flexibility index (Phi) is 4.12. The van der Waals surface area contributed by atoms with E-state index in [9.17, 15) is 4.79 Å². The van der Waals surface area contributed by atoms with Crippen molar-refractivity contribution >= 4 is 27.5 Å². The van der Waals surface area contributed by atoms with Crippen LogP contribution in [0.1, 0.15) is 15.9 Å². The van der Waals surface area contributed by atoms with Gasteiger partial charge in [-0.2, -0.15) is 0 Å². The molecule has 0 aliphatic carbocycles. The Balaban J connectivity index is 2.16. The zero-order valence-electron chi connectivity index (χ0n) is 9.69. The number of nitrogens with one attached hydrogen (secondary N) is 1. The Morgan fingerprint density at radius 3 is 2.67 bits per heavy atom. The molecule has 0 aliphatic heterocycles. The molecule has 0 aliphatic rings. The number of anilines is 1. The molecule has 92 valence electrons. The molecule has 0 aromatic heterocycles. The highest BCUT2D eigenvalue weighted by molar-refractivity contribution is 9.10. The van der Waals surface area contributed by atoms with Crippen LogP contribution in [0, 0.1) is 0 Å². The van der Waals surface area contributed by atoms with Crippen LogP contribution in [0.5, 0.6) is 0 Å². The fourth-order valence-electron chi connectivity index (χ4n) is 1.61. The monoisotopic (exact) mass is 304 g/mol. The first-order valence-electron chi connectivity index (χ1n) is 5.55. The molecular formula is C14H13BrN2O. The number of carbonyl (C=O) groups is 1. The molecule has 0 saturated heterocycles. The molecule has 18 heavy (non-hydrogen) atoms. The summed E-state index contributed by atoms with van der Waals surface area (Å²) < 4.78 is 0.880. The Labute approximate surface area is 114 Å². The number of rotatable bonds is 3. The number of amides is 1. The first-order valence-corrected chi connectivity index (χ1v) is 6.34. The lowest BCUT2D eigenvalue weighted by molar-refractivity contribution is 0.102. The maximum Gasteiger partial charge on any atom is 0.255 e. The Morgan fingerprint density at radius 1 is 1.17 bits per heavy atom. The van der Waals surface area contributed by atoms with Crippen LogP contribution in [-0.4, -0.2) is 5.91 Å². The quantitative estimate of drug-likeness (QED) is 0.915. The summed E-state index contributed by atoms with van der Waals surface area (Å²) in [6.45, 7) is 0.459. The highest BCUT2D eigenvalue weighted by Crippen LogP contribution is 2.15. The lowest BCUT2D eigenvalue weighted by Crippen LogP contribution is -2.12. The predicted octanol–water partition coefficient (Wildman–Crippen LogP) is 3.16. The second-order valence-corrected chi connectivity index (χ2v) is 4.78. The summed E-state index contributed by atoms with van der Waals surface area (Å²) in [5.41, 5.74) is 7.92. The molecule has 0 saturated carbocycles. The third-order valence-corrected chi connectivity index (χ3v) is 3.00. The van der Waals surface area contributed by atoms with Gasteiger partial charge in [0.1, 0.15) is 0 Å². The number of hydrogen-bond acceptors (Lipinski definition) is 2. The van der Waals surface area contributed by atoms with Crippen LogP contribution in [0.4, 0.5) is 5.69 Å². The first kappa shape index (κ1) is 12.8. The molecule has 0 bridgehead atoms. The van der Waals surface area contributed by atoms with Crippen LogP contribution in [0.25, 0.3) is 0 Å². The SMILES string of the molecule is NCc1cccc(NC(=O)c2cccc(Br)c2)c1. The summed E-state index contributed by atoms with van der Waals surface area (Å²) in [5.74, 6) is -0.134. The van der Waals surface area contributed by atoms with Crippen LogP contribution in [0.2, 0.25) is 0 Å². The Hall–Kier alpha value is -1.65. The average Bonchev–Trinajstić information content (AvgIpc) is 2.39. The van der Waals surface area contributed by atoms with Crippen LogP contribution in [0.3, 0.4) is 0 Å². The first-order chi connectivity index (χ1) is 8.69. The third-order valence-electron chi connectivity index (χ3n) is 2.51. The van der Waals surface area contributed by atoms with Gasteiger partial charge in [-0.3, -0.25) is 4.79 Å². The van der Waals surface area contributed by atoms with Crippen molar-refractivity contribution in [2.75, 3.05) is 5.32 Å². The fourth-order valence-corrected chi connectivity index (χ4v) is 2.01. The summed E-state index contributed by atoms with van der Waals surface area (Å²) >= 11 is 3.34. The molecule has 0 fully saturated rings. The van der Waals surface area contributed by atoms with Crippen LogP contribution >= 0.6 is 15.9 Å². The molecule has 1 amide bonds. The smallest absolute Gasteiger partial charge is 0.255 e. The van der Waals surface area contributed by atoms with Gasteiger partial charge in [0.05, 0.1) is 0 Å². The number of nitrogens with two attached hydrogens (primary N) is 1. The lowest BCUT2D eigenvalue weighted by atomic mass is 10.2. The van der Waals surface area contributed by atoms with Crippen LogP contribution in [-0.2, 0) is 6.54 Å². The molecule has 2 aromatic carbocycles. The Morgan fingerprint density at radius 2 is 1.94 bits per heavy atom. The van der Waals surface area contributed by atoms with E-state index >= 15 is 0 Å². The van der Waals surface area contributed by atoms with Crippen molar-refractivity contribution in [1.82, 2.24) is 0 Å². The van der Waals surface area contributed by atoms with Gasteiger partial charge >= 0.3 is 0 Å². The molecule has 0 atom stereocenters. The van der Waals surface area contributed by atoms with Gasteiger partial charge in [0.15, 0.2) is 0 Å². The van der Waals surface area contributed by atoms with E-state index in [2.05, 4.69) is 21.2 Å². The summed E-state index contributed by atoms with van der Waals surface area (Å²) in [4.78, 5) is 12.0. The van der Waals surface area contributed by atoms with Gasteiger partial charge in [-0.1, -0.05) is 34.1 Å².